The quantitative estimate of drug-likeness (QED) is 0.673. The van der Waals surface area contributed by atoms with Gasteiger partial charge in [-0.2, -0.15) is 0 Å². The predicted octanol–water partition coefficient (Wildman–Crippen LogP) is -0.410. The zero-order valence-corrected chi connectivity index (χ0v) is 8.36. The van der Waals surface area contributed by atoms with Gasteiger partial charge in [-0.05, 0) is 0 Å². The van der Waals surface area contributed by atoms with E-state index in [2.05, 4.69) is 15.0 Å². The summed E-state index contributed by atoms with van der Waals surface area (Å²) in [5, 5.41) is 0. The summed E-state index contributed by atoms with van der Waals surface area (Å²) in [5.41, 5.74) is 5.13. The summed E-state index contributed by atoms with van der Waals surface area (Å²) in [5.74, 6) is 0.534. The van der Waals surface area contributed by atoms with Crippen LogP contribution in [-0.4, -0.2) is 24.5 Å². The van der Waals surface area contributed by atoms with Crippen LogP contribution >= 0.6 is 12.2 Å². The molecule has 0 aliphatic rings. The Morgan fingerprint density at radius 2 is 2.27 bits per heavy atom. The molecule has 0 saturated carbocycles. The zero-order valence-electron chi connectivity index (χ0n) is 7.54. The maximum atomic E-state index is 11.4. The van der Waals surface area contributed by atoms with Gasteiger partial charge in [0.05, 0.1) is 0 Å². The Kier molecular flexibility index (Phi) is 2.30. The Morgan fingerprint density at radius 1 is 1.47 bits per heavy atom. The molecule has 2 aromatic rings. The minimum atomic E-state index is -0.326. The van der Waals surface area contributed by atoms with Crippen molar-refractivity contribution in [3.05, 3.63) is 41.0 Å². The van der Waals surface area contributed by atoms with E-state index in [9.17, 15) is 4.79 Å². The number of imidazole rings is 1. The first-order valence-corrected chi connectivity index (χ1v) is 4.48. The smallest absolute Gasteiger partial charge is 0.291 e. The predicted molar refractivity (Wildman–Crippen MR) is 57.9 cm³/mol. The molecule has 0 aromatic carbocycles. The van der Waals surface area contributed by atoms with Crippen molar-refractivity contribution >= 4 is 17.2 Å². The number of thiocarbonyl (C=S) groups is 1. The number of nitrogens with one attached hydrogen (secondary N) is 1. The van der Waals surface area contributed by atoms with E-state index in [1.807, 2.05) is 0 Å². The minimum absolute atomic E-state index is 0.116. The van der Waals surface area contributed by atoms with E-state index < -0.39 is 0 Å². The molecule has 0 saturated heterocycles. The Hall–Kier alpha value is -2.02. The van der Waals surface area contributed by atoms with E-state index in [0.29, 0.717) is 5.82 Å². The van der Waals surface area contributed by atoms with Crippen molar-refractivity contribution in [2.75, 3.05) is 0 Å². The summed E-state index contributed by atoms with van der Waals surface area (Å²) in [7, 11) is 0. The molecule has 0 aliphatic carbocycles. The molecular formula is C8H7N5OS. The van der Waals surface area contributed by atoms with Crippen molar-refractivity contribution in [3.63, 3.8) is 0 Å². The number of aromatic amines is 1. The van der Waals surface area contributed by atoms with Crippen LogP contribution in [0.25, 0.3) is 5.82 Å². The van der Waals surface area contributed by atoms with E-state index in [-0.39, 0.29) is 16.4 Å². The average molecular weight is 221 g/mol. The van der Waals surface area contributed by atoms with Crippen molar-refractivity contribution in [3.8, 4) is 5.82 Å². The molecule has 3 N–H and O–H groups in total. The second kappa shape index (κ2) is 3.62. The number of hydrogen-bond donors (Lipinski definition) is 2. The standard InChI is InChI=1S/C8H7N5OS/c9-5(15)6-11-3-4-13(6)7-8(14)12-2-1-10-7/h1-4H,(H2,9,15)(H,12,14). The molecule has 0 atom stereocenters. The Balaban J connectivity index is 2.65. The zero-order chi connectivity index (χ0) is 10.8. The molecule has 0 radical (unpaired) electrons. The fourth-order valence-corrected chi connectivity index (χ4v) is 1.32. The lowest BCUT2D eigenvalue weighted by molar-refractivity contribution is 0.934. The lowest BCUT2D eigenvalue weighted by atomic mass is 10.5. The first-order valence-electron chi connectivity index (χ1n) is 4.07. The third kappa shape index (κ3) is 1.64. The van der Waals surface area contributed by atoms with Crippen LogP contribution in [0.5, 0.6) is 0 Å². The van der Waals surface area contributed by atoms with Crippen LogP contribution in [0.15, 0.2) is 29.6 Å². The van der Waals surface area contributed by atoms with Gasteiger partial charge in [0.2, 0.25) is 5.82 Å². The molecule has 0 amide bonds. The van der Waals surface area contributed by atoms with E-state index in [4.69, 9.17) is 18.0 Å². The Labute approximate surface area is 89.8 Å². The van der Waals surface area contributed by atoms with E-state index >= 15 is 0 Å². The van der Waals surface area contributed by atoms with Gasteiger partial charge >= 0.3 is 0 Å². The lowest BCUT2D eigenvalue weighted by Crippen LogP contribution is -2.22. The van der Waals surface area contributed by atoms with Crippen LogP contribution in [0, 0.1) is 0 Å². The van der Waals surface area contributed by atoms with Crippen LogP contribution in [0.2, 0.25) is 0 Å². The highest BCUT2D eigenvalue weighted by Crippen LogP contribution is 2.02. The van der Waals surface area contributed by atoms with Gasteiger partial charge in [-0.1, -0.05) is 12.2 Å². The second-order valence-corrected chi connectivity index (χ2v) is 3.17. The lowest BCUT2D eigenvalue weighted by Gasteiger charge is -2.03. The van der Waals surface area contributed by atoms with Gasteiger partial charge < -0.3 is 10.7 Å². The van der Waals surface area contributed by atoms with Gasteiger partial charge in [0.25, 0.3) is 5.56 Å². The van der Waals surface area contributed by atoms with Gasteiger partial charge in [0, 0.05) is 24.8 Å². The van der Waals surface area contributed by atoms with Crippen molar-refractivity contribution in [1.29, 1.82) is 0 Å². The first kappa shape index (κ1) is 9.53. The van der Waals surface area contributed by atoms with Crippen molar-refractivity contribution < 1.29 is 0 Å². The number of H-pyrrole nitrogens is 1. The minimum Gasteiger partial charge on any atom is -0.387 e. The van der Waals surface area contributed by atoms with Gasteiger partial charge in [-0.15, -0.1) is 0 Å². The summed E-state index contributed by atoms with van der Waals surface area (Å²) in [4.78, 5) is 21.9. The topological polar surface area (TPSA) is 89.6 Å². The summed E-state index contributed by atoms with van der Waals surface area (Å²) >= 11 is 4.80. The average Bonchev–Trinajstić information content (AvgIpc) is 2.67. The normalized spacial score (nSPS) is 10.1. The van der Waals surface area contributed by atoms with Crippen LogP contribution in [-0.2, 0) is 0 Å². The molecule has 0 bridgehead atoms. The maximum absolute atomic E-state index is 11.4. The Morgan fingerprint density at radius 3 is 2.93 bits per heavy atom. The monoisotopic (exact) mass is 221 g/mol. The molecule has 76 valence electrons. The van der Waals surface area contributed by atoms with Crippen LogP contribution in [0.4, 0.5) is 0 Å². The molecule has 2 rings (SSSR count). The summed E-state index contributed by atoms with van der Waals surface area (Å²) in [6.45, 7) is 0. The van der Waals surface area contributed by atoms with Gasteiger partial charge in [0.1, 0.15) is 4.99 Å². The molecular weight excluding hydrogens is 214 g/mol. The third-order valence-electron chi connectivity index (χ3n) is 1.78. The molecule has 2 heterocycles. The third-order valence-corrected chi connectivity index (χ3v) is 1.96. The molecule has 6 nitrogen and oxygen atoms in total. The molecule has 15 heavy (non-hydrogen) atoms. The fraction of sp³-hybridized carbons (Fsp3) is 0. The number of nitrogens with zero attached hydrogens (tertiary/aromatic N) is 3. The highest BCUT2D eigenvalue weighted by atomic mass is 32.1. The summed E-state index contributed by atoms with van der Waals surface area (Å²) in [6.07, 6.45) is 6.00. The van der Waals surface area contributed by atoms with E-state index in [1.54, 1.807) is 6.20 Å². The van der Waals surface area contributed by atoms with Gasteiger partial charge in [-0.3, -0.25) is 9.36 Å². The fourth-order valence-electron chi connectivity index (χ4n) is 1.17. The SMILES string of the molecule is NC(=S)c1nccn1-c1ncc[nH]c1=O. The number of hydrogen-bond acceptors (Lipinski definition) is 4. The van der Waals surface area contributed by atoms with E-state index in [0.717, 1.165) is 0 Å². The largest absolute Gasteiger partial charge is 0.387 e. The number of rotatable bonds is 2. The summed E-state index contributed by atoms with van der Waals surface area (Å²) < 4.78 is 1.45. The van der Waals surface area contributed by atoms with Crippen LogP contribution in [0.3, 0.4) is 0 Å². The van der Waals surface area contributed by atoms with Crippen molar-refractivity contribution in [2.45, 2.75) is 0 Å². The van der Waals surface area contributed by atoms with Gasteiger partial charge in [-0.25, -0.2) is 9.97 Å². The molecule has 0 spiro atoms. The number of nitrogens with two attached hydrogens (primary N) is 1. The Bertz CT molecular complexity index is 558. The molecule has 0 aliphatic heterocycles. The molecule has 7 heteroatoms. The number of aromatic nitrogens is 4. The maximum Gasteiger partial charge on any atom is 0.291 e. The highest BCUT2D eigenvalue weighted by molar-refractivity contribution is 7.80. The van der Waals surface area contributed by atoms with Gasteiger partial charge in [0.15, 0.2) is 5.82 Å². The second-order valence-electron chi connectivity index (χ2n) is 2.73. The summed E-state index contributed by atoms with van der Waals surface area (Å²) in [6, 6.07) is 0. The van der Waals surface area contributed by atoms with Crippen LogP contribution < -0.4 is 11.3 Å². The van der Waals surface area contributed by atoms with Crippen molar-refractivity contribution in [2.24, 2.45) is 5.73 Å². The van der Waals surface area contributed by atoms with E-state index in [1.165, 1.54) is 23.2 Å². The molecule has 2 aromatic heterocycles. The first-order chi connectivity index (χ1) is 7.20. The highest BCUT2D eigenvalue weighted by Gasteiger charge is 2.10. The molecule has 0 unspecified atom stereocenters. The molecule has 0 fully saturated rings. The van der Waals surface area contributed by atoms with Crippen molar-refractivity contribution in [1.82, 2.24) is 19.5 Å². The van der Waals surface area contributed by atoms with Crippen LogP contribution in [0.1, 0.15) is 5.82 Å².